The maximum absolute atomic E-state index is 13.7. The van der Waals surface area contributed by atoms with Gasteiger partial charge in [-0.25, -0.2) is 19.0 Å². The number of alkyl halides is 3. The molecule has 2 aromatic heterocycles. The van der Waals surface area contributed by atoms with E-state index in [4.69, 9.17) is 16.3 Å². The first-order valence-electron chi connectivity index (χ1n) is 11.1. The monoisotopic (exact) mass is 511 g/mol. The van der Waals surface area contributed by atoms with Gasteiger partial charge in [0, 0.05) is 42.0 Å². The summed E-state index contributed by atoms with van der Waals surface area (Å²) in [5.74, 6) is 0.612. The van der Waals surface area contributed by atoms with Crippen LogP contribution < -0.4 is 15.0 Å². The van der Waals surface area contributed by atoms with Gasteiger partial charge in [0.25, 0.3) is 0 Å². The largest absolute Gasteiger partial charge is 0.424 e. The number of hydrogen-bond acceptors (Lipinski definition) is 7. The summed E-state index contributed by atoms with van der Waals surface area (Å²) in [7, 11) is 0. The van der Waals surface area contributed by atoms with Gasteiger partial charge in [-0.2, -0.15) is 18.2 Å². The number of nitrogens with zero attached hydrogens (tertiary/aromatic N) is 6. The first kappa shape index (κ1) is 23.6. The van der Waals surface area contributed by atoms with Crippen LogP contribution in [0.4, 0.5) is 29.3 Å². The highest BCUT2D eigenvalue weighted by Crippen LogP contribution is 2.40. The molecular formula is C22H22ClF4N7O. The first-order chi connectivity index (χ1) is 16.6. The third kappa shape index (κ3) is 5.42. The molecule has 35 heavy (non-hydrogen) atoms. The number of halogens is 5. The second-order valence-corrected chi connectivity index (χ2v) is 9.32. The number of nitrogens with one attached hydrogen (secondary N) is 1. The zero-order chi connectivity index (χ0) is 24.7. The van der Waals surface area contributed by atoms with Crippen LogP contribution in [-0.4, -0.2) is 50.0 Å². The molecule has 0 radical (unpaired) electrons. The molecule has 0 amide bonds. The maximum Gasteiger partial charge on any atom is 0.408 e. The van der Waals surface area contributed by atoms with Crippen molar-refractivity contribution < 1.29 is 22.3 Å². The molecule has 1 aromatic carbocycles. The van der Waals surface area contributed by atoms with E-state index in [1.54, 1.807) is 6.33 Å². The minimum atomic E-state index is -4.55. The molecule has 2 unspecified atom stereocenters. The molecule has 1 saturated carbocycles. The maximum atomic E-state index is 13.7. The number of ether oxygens (including phenoxy) is 1. The molecule has 2 aliphatic rings. The smallest absolute Gasteiger partial charge is 0.408 e. The lowest BCUT2D eigenvalue weighted by Gasteiger charge is -2.38. The lowest BCUT2D eigenvalue weighted by molar-refractivity contribution is -0.143. The molecule has 2 atom stereocenters. The van der Waals surface area contributed by atoms with Crippen molar-refractivity contribution in [3.05, 3.63) is 47.1 Å². The van der Waals surface area contributed by atoms with Crippen LogP contribution >= 0.6 is 11.6 Å². The van der Waals surface area contributed by atoms with Crippen LogP contribution in [0.25, 0.3) is 0 Å². The summed E-state index contributed by atoms with van der Waals surface area (Å²) in [6.45, 7) is 2.00. The van der Waals surface area contributed by atoms with Gasteiger partial charge in [0.2, 0.25) is 5.95 Å². The summed E-state index contributed by atoms with van der Waals surface area (Å²) in [5.41, 5.74) is 0.883. The Morgan fingerprint density at radius 3 is 2.51 bits per heavy atom. The number of hydrogen-bond donors (Lipinski definition) is 1. The van der Waals surface area contributed by atoms with Gasteiger partial charge in [0.05, 0.1) is 0 Å². The zero-order valence-corrected chi connectivity index (χ0v) is 19.4. The molecule has 5 rings (SSSR count). The fourth-order valence-corrected chi connectivity index (χ4v) is 5.05. The average Bonchev–Trinajstić information content (AvgIpc) is 3.20. The molecular weight excluding hydrogens is 490 g/mol. The summed E-state index contributed by atoms with van der Waals surface area (Å²) in [6, 6.07) is 4.88. The van der Waals surface area contributed by atoms with E-state index in [0.29, 0.717) is 4.68 Å². The van der Waals surface area contributed by atoms with Gasteiger partial charge >= 0.3 is 12.2 Å². The van der Waals surface area contributed by atoms with Crippen molar-refractivity contribution in [3.8, 4) is 11.8 Å². The second kappa shape index (κ2) is 9.14. The van der Waals surface area contributed by atoms with Crippen molar-refractivity contribution in [2.75, 3.05) is 23.3 Å². The van der Waals surface area contributed by atoms with Crippen molar-refractivity contribution in [2.45, 2.75) is 38.5 Å². The topological polar surface area (TPSA) is 81.0 Å². The lowest BCUT2D eigenvalue weighted by atomic mass is 9.92. The van der Waals surface area contributed by atoms with E-state index in [9.17, 15) is 17.6 Å². The quantitative estimate of drug-likeness (QED) is 0.474. The fourth-order valence-electron chi connectivity index (χ4n) is 4.84. The Labute approximate surface area is 203 Å². The zero-order valence-electron chi connectivity index (χ0n) is 18.6. The van der Waals surface area contributed by atoms with Gasteiger partial charge in [-0.3, -0.25) is 0 Å². The van der Waals surface area contributed by atoms with Gasteiger partial charge < -0.3 is 15.0 Å². The average molecular weight is 512 g/mol. The van der Waals surface area contributed by atoms with Gasteiger partial charge in [0.1, 0.15) is 30.3 Å². The van der Waals surface area contributed by atoms with Gasteiger partial charge in [-0.05, 0) is 43.7 Å². The van der Waals surface area contributed by atoms with Crippen LogP contribution in [-0.2, 0) is 6.54 Å². The Kier molecular flexibility index (Phi) is 6.16. The number of rotatable bonds is 6. The highest BCUT2D eigenvalue weighted by atomic mass is 35.5. The number of benzene rings is 1. The fraction of sp³-hybridized carbons (Fsp3) is 0.455. The Balaban J connectivity index is 1.35. The molecule has 2 fully saturated rings. The van der Waals surface area contributed by atoms with E-state index in [2.05, 4.69) is 30.3 Å². The van der Waals surface area contributed by atoms with Gasteiger partial charge in [0.15, 0.2) is 0 Å². The minimum Gasteiger partial charge on any atom is -0.424 e. The third-order valence-corrected chi connectivity index (χ3v) is 6.47. The SMILES string of the molecule is Cc1cc(N2CC3CCC(C2)C3Nc2nc(Oc3cc(F)cc(Cl)c3)n(CC(F)(F)F)n2)ncn1. The predicted octanol–water partition coefficient (Wildman–Crippen LogP) is 4.85. The Morgan fingerprint density at radius 1 is 1.11 bits per heavy atom. The van der Waals surface area contributed by atoms with Crippen LogP contribution in [0.2, 0.25) is 5.02 Å². The molecule has 1 aliphatic carbocycles. The van der Waals surface area contributed by atoms with Gasteiger partial charge in [-0.1, -0.05) is 11.6 Å². The second-order valence-electron chi connectivity index (χ2n) is 8.89. The van der Waals surface area contributed by atoms with E-state index in [0.717, 1.165) is 49.6 Å². The number of fused-ring (bicyclic) bond motifs is 2. The van der Waals surface area contributed by atoms with Crippen LogP contribution in [0.15, 0.2) is 30.6 Å². The molecule has 3 aromatic rings. The van der Waals surface area contributed by atoms with Crippen molar-refractivity contribution in [1.29, 1.82) is 0 Å². The van der Waals surface area contributed by atoms with Crippen molar-refractivity contribution in [1.82, 2.24) is 24.7 Å². The molecule has 1 saturated heterocycles. The molecule has 8 nitrogen and oxygen atoms in total. The van der Waals surface area contributed by atoms with Gasteiger partial charge in [-0.15, -0.1) is 5.10 Å². The van der Waals surface area contributed by atoms with Crippen LogP contribution in [0.1, 0.15) is 18.5 Å². The summed E-state index contributed by atoms with van der Waals surface area (Å²) in [6.07, 6.45) is -1.07. The Morgan fingerprint density at radius 2 is 1.86 bits per heavy atom. The van der Waals surface area contributed by atoms with E-state index >= 15 is 0 Å². The van der Waals surface area contributed by atoms with Crippen molar-refractivity contribution >= 4 is 23.4 Å². The summed E-state index contributed by atoms with van der Waals surface area (Å²) >= 11 is 5.83. The molecule has 1 N–H and O–H groups in total. The molecule has 13 heteroatoms. The molecule has 0 spiro atoms. The van der Waals surface area contributed by atoms with E-state index in [1.165, 1.54) is 6.07 Å². The summed E-state index contributed by atoms with van der Waals surface area (Å²) < 4.78 is 59.2. The van der Waals surface area contributed by atoms with Crippen molar-refractivity contribution in [3.63, 3.8) is 0 Å². The van der Waals surface area contributed by atoms with Crippen molar-refractivity contribution in [2.24, 2.45) is 11.8 Å². The third-order valence-electron chi connectivity index (χ3n) is 6.25. The van der Waals surface area contributed by atoms with E-state index < -0.39 is 24.5 Å². The molecule has 1 aliphatic heterocycles. The highest BCUT2D eigenvalue weighted by Gasteiger charge is 2.43. The normalized spacial score (nSPS) is 21.9. The number of aryl methyl sites for hydroxylation is 1. The van der Waals surface area contributed by atoms with E-state index in [-0.39, 0.29) is 34.6 Å². The standard InChI is InChI=1S/C22H22ClF4N7O/c1-12-4-18(29-11-28-12)33-8-13-2-3-14(9-33)19(13)30-20-31-21(34(32-20)10-22(25,26)27)35-17-6-15(23)5-16(24)7-17/h4-7,11,13-14,19H,2-3,8-10H2,1H3,(H,30,32). The predicted molar refractivity (Wildman–Crippen MR) is 120 cm³/mol. The molecule has 186 valence electrons. The van der Waals surface area contributed by atoms with E-state index in [1.807, 2.05) is 13.0 Å². The lowest BCUT2D eigenvalue weighted by Crippen LogP contribution is -2.48. The Bertz CT molecular complexity index is 1190. The van der Waals surface area contributed by atoms with Crippen LogP contribution in [0, 0.1) is 24.6 Å². The number of aromatic nitrogens is 5. The number of anilines is 2. The first-order valence-corrected chi connectivity index (χ1v) is 11.5. The number of piperidine rings is 1. The molecule has 3 heterocycles. The minimum absolute atomic E-state index is 0.00705. The summed E-state index contributed by atoms with van der Waals surface area (Å²) in [5, 5.41) is 7.28. The Hall–Kier alpha value is -3.15. The summed E-state index contributed by atoms with van der Waals surface area (Å²) in [4.78, 5) is 14.9. The van der Waals surface area contributed by atoms with Crippen LogP contribution in [0.5, 0.6) is 11.8 Å². The highest BCUT2D eigenvalue weighted by molar-refractivity contribution is 6.30. The molecule has 2 bridgehead atoms. The van der Waals surface area contributed by atoms with Crippen LogP contribution in [0.3, 0.4) is 0 Å².